The van der Waals surface area contributed by atoms with E-state index in [9.17, 15) is 14.9 Å². The van der Waals surface area contributed by atoms with E-state index >= 15 is 0 Å². The third-order valence-corrected chi connectivity index (χ3v) is 3.62. The number of carbonyl (C=O) groups is 1. The Kier molecular flexibility index (Phi) is 5.58. The molecule has 8 nitrogen and oxygen atoms in total. The van der Waals surface area contributed by atoms with Crippen molar-refractivity contribution in [2.75, 3.05) is 13.2 Å². The van der Waals surface area contributed by atoms with Crippen LogP contribution in [-0.2, 0) is 4.74 Å². The van der Waals surface area contributed by atoms with Gasteiger partial charge in [0, 0.05) is 18.8 Å². The van der Waals surface area contributed by atoms with E-state index in [0.717, 1.165) is 19.3 Å². The maximum absolute atomic E-state index is 12.3. The van der Waals surface area contributed by atoms with Gasteiger partial charge in [0.1, 0.15) is 12.2 Å². The standard InChI is InChI=1S/C16H23N3O5/c1-16(2,3)24-15(20)18-10-5-4-7-12(18)11-23-14-13(19(21)22)8-6-9-17-14/h6,8-9,12H,4-5,7,10-11H2,1-3H3. The molecule has 0 aliphatic carbocycles. The third-order valence-electron chi connectivity index (χ3n) is 3.62. The van der Waals surface area contributed by atoms with E-state index in [4.69, 9.17) is 9.47 Å². The van der Waals surface area contributed by atoms with Crippen molar-refractivity contribution >= 4 is 11.8 Å². The Morgan fingerprint density at radius 3 is 2.88 bits per heavy atom. The normalized spacial score (nSPS) is 18.1. The highest BCUT2D eigenvalue weighted by Crippen LogP contribution is 2.25. The van der Waals surface area contributed by atoms with Gasteiger partial charge in [0.25, 0.3) is 5.88 Å². The minimum absolute atomic E-state index is 0.0304. The minimum atomic E-state index is -0.570. The smallest absolute Gasteiger partial charge is 0.410 e. The van der Waals surface area contributed by atoms with E-state index in [-0.39, 0.29) is 30.3 Å². The predicted molar refractivity (Wildman–Crippen MR) is 87.0 cm³/mol. The maximum atomic E-state index is 12.3. The zero-order chi connectivity index (χ0) is 17.7. The number of nitro groups is 1. The Balaban J connectivity index is 2.04. The van der Waals surface area contributed by atoms with Crippen molar-refractivity contribution in [3.8, 4) is 5.88 Å². The molecule has 0 saturated carbocycles. The topological polar surface area (TPSA) is 94.8 Å². The average Bonchev–Trinajstić information content (AvgIpc) is 2.51. The minimum Gasteiger partial charge on any atom is -0.471 e. The van der Waals surface area contributed by atoms with Gasteiger partial charge in [0.15, 0.2) is 0 Å². The summed E-state index contributed by atoms with van der Waals surface area (Å²) in [6.07, 6.45) is 3.69. The van der Waals surface area contributed by atoms with Crippen molar-refractivity contribution in [1.29, 1.82) is 0 Å². The van der Waals surface area contributed by atoms with Gasteiger partial charge in [-0.3, -0.25) is 10.1 Å². The Bertz CT molecular complexity index is 600. The van der Waals surface area contributed by atoms with E-state index in [1.165, 1.54) is 18.3 Å². The molecule has 0 aromatic carbocycles. The first kappa shape index (κ1) is 18.0. The molecule has 132 valence electrons. The van der Waals surface area contributed by atoms with E-state index in [1.54, 1.807) is 4.90 Å². The van der Waals surface area contributed by atoms with E-state index in [0.29, 0.717) is 6.54 Å². The molecule has 1 aliphatic rings. The largest absolute Gasteiger partial charge is 0.471 e. The van der Waals surface area contributed by atoms with Gasteiger partial charge in [0.05, 0.1) is 11.0 Å². The van der Waals surface area contributed by atoms with Crippen LogP contribution in [-0.4, -0.2) is 45.7 Å². The average molecular weight is 337 g/mol. The number of likely N-dealkylation sites (tertiary alicyclic amines) is 1. The lowest BCUT2D eigenvalue weighted by Gasteiger charge is -2.36. The van der Waals surface area contributed by atoms with Gasteiger partial charge < -0.3 is 14.4 Å². The first-order valence-electron chi connectivity index (χ1n) is 8.00. The first-order valence-corrected chi connectivity index (χ1v) is 8.00. The summed E-state index contributed by atoms with van der Waals surface area (Å²) >= 11 is 0. The van der Waals surface area contributed by atoms with E-state index in [1.807, 2.05) is 20.8 Å². The van der Waals surface area contributed by atoms with Crippen molar-refractivity contribution in [3.05, 3.63) is 28.4 Å². The van der Waals surface area contributed by atoms with Crippen LogP contribution in [0.1, 0.15) is 40.0 Å². The van der Waals surface area contributed by atoms with Crippen LogP contribution in [0.4, 0.5) is 10.5 Å². The molecule has 1 aromatic heterocycles. The number of amides is 1. The van der Waals surface area contributed by atoms with E-state index in [2.05, 4.69) is 4.98 Å². The molecule has 0 bridgehead atoms. The Labute approximate surface area is 140 Å². The van der Waals surface area contributed by atoms with Crippen LogP contribution in [0.25, 0.3) is 0 Å². The van der Waals surface area contributed by atoms with Gasteiger partial charge in [-0.05, 0) is 46.1 Å². The van der Waals surface area contributed by atoms with Crippen molar-refractivity contribution in [1.82, 2.24) is 9.88 Å². The lowest BCUT2D eigenvalue weighted by molar-refractivity contribution is -0.386. The molecule has 2 heterocycles. The predicted octanol–water partition coefficient (Wildman–Crippen LogP) is 3.16. The Morgan fingerprint density at radius 2 is 2.21 bits per heavy atom. The fraction of sp³-hybridized carbons (Fsp3) is 0.625. The SMILES string of the molecule is CC(C)(C)OC(=O)N1CCCCC1COc1ncccc1[N+](=O)[O-]. The molecule has 24 heavy (non-hydrogen) atoms. The second-order valence-electron chi connectivity index (χ2n) is 6.72. The quantitative estimate of drug-likeness (QED) is 0.618. The maximum Gasteiger partial charge on any atom is 0.410 e. The number of ether oxygens (including phenoxy) is 2. The number of carbonyl (C=O) groups excluding carboxylic acids is 1. The number of rotatable bonds is 4. The number of piperidine rings is 1. The second-order valence-corrected chi connectivity index (χ2v) is 6.72. The van der Waals surface area contributed by atoms with Gasteiger partial charge in [-0.1, -0.05) is 0 Å². The number of hydrogen-bond donors (Lipinski definition) is 0. The van der Waals surface area contributed by atoms with E-state index < -0.39 is 10.5 Å². The lowest BCUT2D eigenvalue weighted by atomic mass is 10.0. The molecule has 0 N–H and O–H groups in total. The third kappa shape index (κ3) is 4.81. The van der Waals surface area contributed by atoms with Crippen LogP contribution in [0.15, 0.2) is 18.3 Å². The molecule has 2 rings (SSSR count). The van der Waals surface area contributed by atoms with Crippen LogP contribution in [0.5, 0.6) is 5.88 Å². The number of aromatic nitrogens is 1. The molecular weight excluding hydrogens is 314 g/mol. The Hall–Kier alpha value is -2.38. The summed E-state index contributed by atoms with van der Waals surface area (Å²) in [5, 5.41) is 11.0. The highest BCUT2D eigenvalue weighted by molar-refractivity contribution is 5.68. The summed E-state index contributed by atoms with van der Waals surface area (Å²) in [6.45, 7) is 6.19. The molecule has 1 atom stereocenters. The fourth-order valence-electron chi connectivity index (χ4n) is 2.54. The number of nitrogens with zero attached hydrogens (tertiary/aromatic N) is 3. The van der Waals surface area contributed by atoms with Gasteiger partial charge in [-0.2, -0.15) is 0 Å². The molecule has 1 saturated heterocycles. The van der Waals surface area contributed by atoms with Gasteiger partial charge in [-0.25, -0.2) is 9.78 Å². The molecular formula is C16H23N3O5. The first-order chi connectivity index (χ1) is 11.3. The summed E-state index contributed by atoms with van der Waals surface area (Å²) in [6, 6.07) is 2.64. The molecule has 0 radical (unpaired) electrons. The summed E-state index contributed by atoms with van der Waals surface area (Å²) in [5.41, 5.74) is -0.753. The van der Waals surface area contributed by atoms with Crippen molar-refractivity contribution in [2.45, 2.75) is 51.7 Å². The zero-order valence-corrected chi connectivity index (χ0v) is 14.2. The van der Waals surface area contributed by atoms with Gasteiger partial charge in [-0.15, -0.1) is 0 Å². The molecule has 1 fully saturated rings. The number of hydrogen-bond acceptors (Lipinski definition) is 6. The highest BCUT2D eigenvalue weighted by atomic mass is 16.6. The zero-order valence-electron chi connectivity index (χ0n) is 14.2. The van der Waals surface area contributed by atoms with Crippen LogP contribution < -0.4 is 4.74 Å². The summed E-state index contributed by atoms with van der Waals surface area (Å²) in [4.78, 5) is 28.4. The molecule has 8 heteroatoms. The molecule has 1 amide bonds. The van der Waals surface area contributed by atoms with Crippen LogP contribution >= 0.6 is 0 Å². The van der Waals surface area contributed by atoms with Crippen molar-refractivity contribution < 1.29 is 19.2 Å². The lowest BCUT2D eigenvalue weighted by Crippen LogP contribution is -2.48. The summed E-state index contributed by atoms with van der Waals surface area (Å²) < 4.78 is 11.0. The van der Waals surface area contributed by atoms with Crippen LogP contribution in [0.3, 0.4) is 0 Å². The number of pyridine rings is 1. The van der Waals surface area contributed by atoms with Crippen LogP contribution in [0, 0.1) is 10.1 Å². The van der Waals surface area contributed by atoms with Crippen molar-refractivity contribution in [2.24, 2.45) is 0 Å². The van der Waals surface area contributed by atoms with Gasteiger partial charge >= 0.3 is 11.8 Å². The second kappa shape index (κ2) is 7.46. The summed E-state index contributed by atoms with van der Waals surface area (Å²) in [7, 11) is 0. The monoisotopic (exact) mass is 337 g/mol. The van der Waals surface area contributed by atoms with Crippen molar-refractivity contribution in [3.63, 3.8) is 0 Å². The highest BCUT2D eigenvalue weighted by Gasteiger charge is 2.31. The van der Waals surface area contributed by atoms with Gasteiger partial charge in [0.2, 0.25) is 0 Å². The molecule has 1 aliphatic heterocycles. The molecule has 1 aromatic rings. The molecule has 0 spiro atoms. The van der Waals surface area contributed by atoms with Crippen LogP contribution in [0.2, 0.25) is 0 Å². The summed E-state index contributed by atoms with van der Waals surface area (Å²) in [5.74, 6) is -0.0304. The Morgan fingerprint density at radius 1 is 1.46 bits per heavy atom. The molecule has 1 unspecified atom stereocenters. The fourth-order valence-corrected chi connectivity index (χ4v) is 2.54.